The van der Waals surface area contributed by atoms with Crippen molar-refractivity contribution in [1.82, 2.24) is 5.32 Å². The quantitative estimate of drug-likeness (QED) is 0.921. The molecule has 0 aromatic heterocycles. The largest absolute Gasteiger partial charge is 0.368 e. The lowest BCUT2D eigenvalue weighted by Crippen LogP contribution is -2.33. The number of fused-ring (bicyclic) bond motifs is 2. The first kappa shape index (κ1) is 11.5. The molecule has 0 amide bonds. The molecule has 2 unspecified atom stereocenters. The van der Waals surface area contributed by atoms with Crippen molar-refractivity contribution >= 4 is 21.6 Å². The SMILES string of the molecule is CNCc1cc(Br)ccc1N1CC2CCC1C2. The zero-order valence-electron chi connectivity index (χ0n) is 10.2. The molecule has 1 aliphatic heterocycles. The van der Waals surface area contributed by atoms with Gasteiger partial charge in [-0.1, -0.05) is 15.9 Å². The molecule has 1 saturated heterocycles. The van der Waals surface area contributed by atoms with E-state index < -0.39 is 0 Å². The van der Waals surface area contributed by atoms with Crippen LogP contribution in [0.4, 0.5) is 5.69 Å². The van der Waals surface area contributed by atoms with Gasteiger partial charge in [0.2, 0.25) is 0 Å². The smallest absolute Gasteiger partial charge is 0.0415 e. The Morgan fingerprint density at radius 1 is 1.41 bits per heavy atom. The van der Waals surface area contributed by atoms with E-state index >= 15 is 0 Å². The van der Waals surface area contributed by atoms with Gasteiger partial charge < -0.3 is 10.2 Å². The molecule has 1 aliphatic carbocycles. The van der Waals surface area contributed by atoms with E-state index in [2.05, 4.69) is 44.3 Å². The summed E-state index contributed by atoms with van der Waals surface area (Å²) in [6.45, 7) is 2.21. The molecule has 1 saturated carbocycles. The molecule has 3 rings (SSSR count). The van der Waals surface area contributed by atoms with E-state index in [1.54, 1.807) is 0 Å². The highest BCUT2D eigenvalue weighted by atomic mass is 79.9. The molecule has 1 aromatic carbocycles. The van der Waals surface area contributed by atoms with E-state index in [0.717, 1.165) is 18.5 Å². The lowest BCUT2D eigenvalue weighted by Gasteiger charge is -2.31. The van der Waals surface area contributed by atoms with Gasteiger partial charge in [-0.25, -0.2) is 0 Å². The summed E-state index contributed by atoms with van der Waals surface area (Å²) < 4.78 is 1.18. The van der Waals surface area contributed by atoms with Gasteiger partial charge in [-0.3, -0.25) is 0 Å². The Hall–Kier alpha value is -0.540. The summed E-state index contributed by atoms with van der Waals surface area (Å²) in [4.78, 5) is 2.63. The van der Waals surface area contributed by atoms with Crippen LogP contribution in [-0.2, 0) is 6.54 Å². The maximum atomic E-state index is 3.57. The van der Waals surface area contributed by atoms with Crippen LogP contribution in [0.2, 0.25) is 0 Å². The molecule has 2 atom stereocenters. The van der Waals surface area contributed by atoms with Crippen molar-refractivity contribution in [2.24, 2.45) is 5.92 Å². The number of piperidine rings is 1. The van der Waals surface area contributed by atoms with Crippen LogP contribution < -0.4 is 10.2 Å². The second-order valence-corrected chi connectivity index (χ2v) is 6.20. The Kier molecular flexibility index (Phi) is 3.14. The number of anilines is 1. The number of benzene rings is 1. The third kappa shape index (κ3) is 2.11. The first-order valence-corrected chi connectivity index (χ1v) is 7.27. The van der Waals surface area contributed by atoms with Gasteiger partial charge in [-0.2, -0.15) is 0 Å². The standard InChI is InChI=1S/C14H19BrN2/c1-16-8-11-7-12(15)3-5-14(11)17-9-10-2-4-13(17)6-10/h3,5,7,10,13,16H,2,4,6,8-9H2,1H3. The van der Waals surface area contributed by atoms with Crippen molar-refractivity contribution in [1.29, 1.82) is 0 Å². The van der Waals surface area contributed by atoms with Crippen molar-refractivity contribution in [2.45, 2.75) is 31.8 Å². The molecular weight excluding hydrogens is 276 g/mol. The molecule has 2 nitrogen and oxygen atoms in total. The van der Waals surface area contributed by atoms with Crippen LogP contribution in [0.1, 0.15) is 24.8 Å². The Balaban J connectivity index is 1.91. The minimum atomic E-state index is 0.803. The molecule has 2 fully saturated rings. The highest BCUT2D eigenvalue weighted by Gasteiger charge is 2.38. The van der Waals surface area contributed by atoms with Crippen LogP contribution in [0.3, 0.4) is 0 Å². The monoisotopic (exact) mass is 294 g/mol. The summed E-state index contributed by atoms with van der Waals surface area (Å²) in [6, 6.07) is 7.49. The first-order chi connectivity index (χ1) is 8.28. The summed E-state index contributed by atoms with van der Waals surface area (Å²) in [5.74, 6) is 0.950. The van der Waals surface area contributed by atoms with Crippen LogP contribution >= 0.6 is 15.9 Å². The van der Waals surface area contributed by atoms with Crippen molar-refractivity contribution in [3.63, 3.8) is 0 Å². The number of rotatable bonds is 3. The van der Waals surface area contributed by atoms with Crippen molar-refractivity contribution < 1.29 is 0 Å². The van der Waals surface area contributed by atoms with Crippen molar-refractivity contribution in [3.05, 3.63) is 28.2 Å². The van der Waals surface area contributed by atoms with Crippen LogP contribution in [0.5, 0.6) is 0 Å². The van der Waals surface area contributed by atoms with E-state index in [1.165, 1.54) is 41.5 Å². The van der Waals surface area contributed by atoms with Gasteiger partial charge in [0.15, 0.2) is 0 Å². The third-order valence-corrected chi connectivity index (χ3v) is 4.62. The zero-order chi connectivity index (χ0) is 11.8. The van der Waals surface area contributed by atoms with Crippen molar-refractivity contribution in [3.8, 4) is 0 Å². The zero-order valence-corrected chi connectivity index (χ0v) is 11.8. The van der Waals surface area contributed by atoms with E-state index in [9.17, 15) is 0 Å². The molecule has 1 heterocycles. The number of hydrogen-bond donors (Lipinski definition) is 1. The number of nitrogens with one attached hydrogen (secondary N) is 1. The minimum absolute atomic E-state index is 0.803. The van der Waals surface area contributed by atoms with Gasteiger partial charge in [-0.05, 0) is 56.0 Å². The number of nitrogens with zero attached hydrogens (tertiary/aromatic N) is 1. The second-order valence-electron chi connectivity index (χ2n) is 5.29. The molecule has 17 heavy (non-hydrogen) atoms. The second kappa shape index (κ2) is 4.62. The van der Waals surface area contributed by atoms with E-state index in [0.29, 0.717) is 0 Å². The Morgan fingerprint density at radius 2 is 2.29 bits per heavy atom. The highest BCUT2D eigenvalue weighted by Crippen LogP contribution is 2.41. The van der Waals surface area contributed by atoms with E-state index in [4.69, 9.17) is 0 Å². The van der Waals surface area contributed by atoms with Gasteiger partial charge in [0.1, 0.15) is 0 Å². The van der Waals surface area contributed by atoms with E-state index in [-0.39, 0.29) is 0 Å². The average molecular weight is 295 g/mol. The molecule has 1 aromatic rings. The third-order valence-electron chi connectivity index (χ3n) is 4.13. The fraction of sp³-hybridized carbons (Fsp3) is 0.571. The molecule has 3 heteroatoms. The van der Waals surface area contributed by atoms with Crippen LogP contribution in [-0.4, -0.2) is 19.6 Å². The summed E-state index contributed by atoms with van der Waals surface area (Å²) in [5, 5.41) is 3.27. The van der Waals surface area contributed by atoms with Gasteiger partial charge >= 0.3 is 0 Å². The Labute approximate surface area is 112 Å². The molecule has 2 bridgehead atoms. The van der Waals surface area contributed by atoms with Gasteiger partial charge in [-0.15, -0.1) is 0 Å². The Bertz CT molecular complexity index is 419. The lowest BCUT2D eigenvalue weighted by atomic mass is 10.1. The molecule has 92 valence electrons. The fourth-order valence-corrected chi connectivity index (χ4v) is 3.79. The summed E-state index contributed by atoms with van der Waals surface area (Å²) >= 11 is 3.57. The molecule has 2 aliphatic rings. The average Bonchev–Trinajstić information content (AvgIpc) is 2.91. The predicted molar refractivity (Wildman–Crippen MR) is 75.4 cm³/mol. The molecule has 0 spiro atoms. The lowest BCUT2D eigenvalue weighted by molar-refractivity contribution is 0.552. The van der Waals surface area contributed by atoms with Gasteiger partial charge in [0.05, 0.1) is 0 Å². The van der Waals surface area contributed by atoms with Gasteiger partial charge in [0, 0.05) is 29.3 Å². The summed E-state index contributed by atoms with van der Waals surface area (Å²) in [5.41, 5.74) is 2.85. The van der Waals surface area contributed by atoms with Crippen LogP contribution in [0.15, 0.2) is 22.7 Å². The van der Waals surface area contributed by atoms with Crippen LogP contribution in [0, 0.1) is 5.92 Å². The molecule has 0 radical (unpaired) electrons. The topological polar surface area (TPSA) is 15.3 Å². The summed E-state index contributed by atoms with van der Waals surface area (Å²) in [6.07, 6.45) is 4.24. The van der Waals surface area contributed by atoms with Gasteiger partial charge in [0.25, 0.3) is 0 Å². The first-order valence-electron chi connectivity index (χ1n) is 6.47. The highest BCUT2D eigenvalue weighted by molar-refractivity contribution is 9.10. The molecular formula is C14H19BrN2. The van der Waals surface area contributed by atoms with Crippen LogP contribution in [0.25, 0.3) is 0 Å². The normalized spacial score (nSPS) is 26.8. The van der Waals surface area contributed by atoms with Crippen molar-refractivity contribution in [2.75, 3.05) is 18.5 Å². The summed E-state index contributed by atoms with van der Waals surface area (Å²) in [7, 11) is 2.01. The minimum Gasteiger partial charge on any atom is -0.368 e. The number of hydrogen-bond acceptors (Lipinski definition) is 2. The predicted octanol–water partition coefficient (Wildman–Crippen LogP) is 3.16. The maximum absolute atomic E-state index is 3.57. The maximum Gasteiger partial charge on any atom is 0.0415 e. The Morgan fingerprint density at radius 3 is 2.94 bits per heavy atom. The number of halogens is 1. The fourth-order valence-electron chi connectivity index (χ4n) is 3.39. The molecule has 1 N–H and O–H groups in total. The van der Waals surface area contributed by atoms with E-state index in [1.807, 2.05) is 7.05 Å².